The third-order valence-corrected chi connectivity index (χ3v) is 2.71. The molecule has 0 aliphatic carbocycles. The number of carbonyl (C=O) groups excluding carboxylic acids is 1. The maximum absolute atomic E-state index is 11.7. The molecule has 2 aromatic rings. The van der Waals surface area contributed by atoms with Crippen LogP contribution in [0, 0.1) is 0 Å². The number of amides is 1. The predicted octanol–water partition coefficient (Wildman–Crippen LogP) is 2.22. The second-order valence-corrected chi connectivity index (χ2v) is 4.15. The topological polar surface area (TPSA) is 80.3 Å². The number of hydrogen-bond acceptors (Lipinski definition) is 4. The van der Waals surface area contributed by atoms with Gasteiger partial charge in [0.2, 0.25) is 0 Å². The Kier molecular flexibility index (Phi) is 4.07. The number of rotatable bonds is 5. The third-order valence-electron chi connectivity index (χ3n) is 2.71. The summed E-state index contributed by atoms with van der Waals surface area (Å²) in [6.07, 6.45) is 3.30. The molecule has 0 saturated carbocycles. The Bertz CT molecular complexity index is 550. The van der Waals surface area contributed by atoms with E-state index in [4.69, 9.17) is 10.2 Å². The lowest BCUT2D eigenvalue weighted by molar-refractivity contribution is 0.0956. The number of nitrogens with two attached hydrogens (primary N) is 1. The fourth-order valence-electron chi connectivity index (χ4n) is 1.72. The molecule has 0 spiro atoms. The van der Waals surface area contributed by atoms with Gasteiger partial charge >= 0.3 is 0 Å². The lowest BCUT2D eigenvalue weighted by Crippen LogP contribution is -2.22. The van der Waals surface area contributed by atoms with Crippen molar-refractivity contribution in [2.45, 2.75) is 13.5 Å². The van der Waals surface area contributed by atoms with E-state index in [1.165, 1.54) is 0 Å². The molecular formula is C14H17N3O2. The second kappa shape index (κ2) is 5.95. The predicted molar refractivity (Wildman–Crippen MR) is 74.9 cm³/mol. The van der Waals surface area contributed by atoms with Gasteiger partial charge in [0.05, 0.1) is 23.9 Å². The Morgan fingerprint density at radius 1 is 1.37 bits per heavy atom. The van der Waals surface area contributed by atoms with Crippen molar-refractivity contribution in [1.82, 2.24) is 5.32 Å². The van der Waals surface area contributed by atoms with Crippen LogP contribution in [0.2, 0.25) is 0 Å². The minimum Gasteiger partial charge on any atom is -0.472 e. The van der Waals surface area contributed by atoms with Crippen molar-refractivity contribution in [3.05, 3.63) is 47.9 Å². The van der Waals surface area contributed by atoms with E-state index in [2.05, 4.69) is 10.6 Å². The van der Waals surface area contributed by atoms with Crippen LogP contribution in [0.3, 0.4) is 0 Å². The van der Waals surface area contributed by atoms with Crippen LogP contribution in [0.15, 0.2) is 41.2 Å². The largest absolute Gasteiger partial charge is 0.472 e. The molecule has 1 aromatic heterocycles. The highest BCUT2D eigenvalue weighted by Gasteiger charge is 2.07. The molecule has 5 nitrogen and oxygen atoms in total. The summed E-state index contributed by atoms with van der Waals surface area (Å²) in [5.74, 6) is -0.115. The molecule has 4 N–H and O–H groups in total. The first-order valence-corrected chi connectivity index (χ1v) is 6.13. The van der Waals surface area contributed by atoms with Crippen LogP contribution in [-0.4, -0.2) is 12.5 Å². The summed E-state index contributed by atoms with van der Waals surface area (Å²) in [6.45, 7) is 3.10. The second-order valence-electron chi connectivity index (χ2n) is 4.15. The Morgan fingerprint density at radius 3 is 2.84 bits per heavy atom. The van der Waals surface area contributed by atoms with Crippen LogP contribution in [0.1, 0.15) is 22.8 Å². The first kappa shape index (κ1) is 13.0. The van der Waals surface area contributed by atoms with Crippen LogP contribution in [0.4, 0.5) is 11.4 Å². The summed E-state index contributed by atoms with van der Waals surface area (Å²) in [7, 11) is 0. The van der Waals surface area contributed by atoms with Crippen molar-refractivity contribution in [3.8, 4) is 0 Å². The van der Waals surface area contributed by atoms with E-state index < -0.39 is 0 Å². The fourth-order valence-corrected chi connectivity index (χ4v) is 1.72. The van der Waals surface area contributed by atoms with E-state index >= 15 is 0 Å². The fraction of sp³-hybridized carbons (Fsp3) is 0.214. The highest BCUT2D eigenvalue weighted by molar-refractivity contribution is 5.96. The van der Waals surface area contributed by atoms with Gasteiger partial charge in [0.25, 0.3) is 5.91 Å². The van der Waals surface area contributed by atoms with Crippen LogP contribution in [-0.2, 0) is 6.54 Å². The van der Waals surface area contributed by atoms with Gasteiger partial charge in [0, 0.05) is 24.2 Å². The number of carbonyl (C=O) groups is 1. The van der Waals surface area contributed by atoms with Crippen LogP contribution in [0.5, 0.6) is 0 Å². The van der Waals surface area contributed by atoms with Gasteiger partial charge in [0.1, 0.15) is 0 Å². The van der Waals surface area contributed by atoms with Crippen molar-refractivity contribution < 1.29 is 9.21 Å². The summed E-state index contributed by atoms with van der Waals surface area (Å²) >= 11 is 0. The monoisotopic (exact) mass is 259 g/mol. The first-order valence-electron chi connectivity index (χ1n) is 6.13. The molecule has 2 rings (SSSR count). The molecule has 0 aliphatic rings. The summed E-state index contributed by atoms with van der Waals surface area (Å²) in [5, 5.41) is 5.93. The van der Waals surface area contributed by atoms with E-state index in [0.29, 0.717) is 24.3 Å². The van der Waals surface area contributed by atoms with E-state index in [0.717, 1.165) is 11.3 Å². The van der Waals surface area contributed by atoms with E-state index in [1.807, 2.05) is 13.0 Å². The molecule has 0 saturated heterocycles. The van der Waals surface area contributed by atoms with Crippen LogP contribution in [0.25, 0.3) is 0 Å². The first-order chi connectivity index (χ1) is 9.20. The molecule has 0 aliphatic heterocycles. The Hall–Kier alpha value is -2.43. The zero-order chi connectivity index (χ0) is 13.7. The SMILES string of the molecule is CCNC(=O)c1ccc(NCc2ccoc2)c(N)c1. The van der Waals surface area contributed by atoms with E-state index in [9.17, 15) is 4.79 Å². The van der Waals surface area contributed by atoms with Crippen molar-refractivity contribution in [3.63, 3.8) is 0 Å². The molecular weight excluding hydrogens is 242 g/mol. The number of furan rings is 1. The molecule has 1 aromatic carbocycles. The number of nitrogen functional groups attached to an aromatic ring is 1. The minimum absolute atomic E-state index is 0.115. The standard InChI is InChI=1S/C14H17N3O2/c1-2-16-14(18)11-3-4-13(12(15)7-11)17-8-10-5-6-19-9-10/h3-7,9,17H,2,8,15H2,1H3,(H,16,18). The van der Waals surface area contributed by atoms with Crippen molar-refractivity contribution in [2.75, 3.05) is 17.6 Å². The Morgan fingerprint density at radius 2 is 2.21 bits per heavy atom. The summed E-state index contributed by atoms with van der Waals surface area (Å²) in [4.78, 5) is 11.7. The van der Waals surface area contributed by atoms with Crippen LogP contribution < -0.4 is 16.4 Å². The molecule has 0 atom stereocenters. The molecule has 1 heterocycles. The maximum atomic E-state index is 11.7. The molecule has 0 radical (unpaired) electrons. The maximum Gasteiger partial charge on any atom is 0.251 e. The van der Waals surface area contributed by atoms with Gasteiger partial charge in [-0.15, -0.1) is 0 Å². The quantitative estimate of drug-likeness (QED) is 0.719. The zero-order valence-electron chi connectivity index (χ0n) is 10.8. The lowest BCUT2D eigenvalue weighted by Gasteiger charge is -2.10. The molecule has 19 heavy (non-hydrogen) atoms. The summed E-state index contributed by atoms with van der Waals surface area (Å²) in [6, 6.07) is 7.11. The average Bonchev–Trinajstić information content (AvgIpc) is 2.90. The Balaban J connectivity index is 2.04. The van der Waals surface area contributed by atoms with Crippen molar-refractivity contribution in [2.24, 2.45) is 0 Å². The molecule has 0 unspecified atom stereocenters. The molecule has 1 amide bonds. The highest BCUT2D eigenvalue weighted by atomic mass is 16.3. The third kappa shape index (κ3) is 3.28. The average molecular weight is 259 g/mol. The van der Waals surface area contributed by atoms with Crippen LogP contribution >= 0.6 is 0 Å². The van der Waals surface area contributed by atoms with Gasteiger partial charge in [-0.2, -0.15) is 0 Å². The van der Waals surface area contributed by atoms with Gasteiger partial charge in [0.15, 0.2) is 0 Å². The normalized spacial score (nSPS) is 10.2. The number of hydrogen-bond donors (Lipinski definition) is 3. The van der Waals surface area contributed by atoms with Gasteiger partial charge in [-0.1, -0.05) is 0 Å². The summed E-state index contributed by atoms with van der Waals surface area (Å²) < 4.78 is 4.99. The van der Waals surface area contributed by atoms with Crippen molar-refractivity contribution >= 4 is 17.3 Å². The molecule has 0 fully saturated rings. The van der Waals surface area contributed by atoms with E-state index in [-0.39, 0.29) is 5.91 Å². The van der Waals surface area contributed by atoms with Crippen molar-refractivity contribution in [1.29, 1.82) is 0 Å². The highest BCUT2D eigenvalue weighted by Crippen LogP contribution is 2.20. The number of benzene rings is 1. The minimum atomic E-state index is -0.115. The van der Waals surface area contributed by atoms with Gasteiger partial charge < -0.3 is 20.8 Å². The number of anilines is 2. The Labute approximate surface area is 111 Å². The molecule has 0 bridgehead atoms. The van der Waals surface area contributed by atoms with E-state index in [1.54, 1.807) is 30.7 Å². The summed E-state index contributed by atoms with van der Waals surface area (Å²) in [5.41, 5.74) is 8.88. The van der Waals surface area contributed by atoms with Gasteiger partial charge in [-0.05, 0) is 31.2 Å². The van der Waals surface area contributed by atoms with Gasteiger partial charge in [-0.3, -0.25) is 4.79 Å². The molecule has 100 valence electrons. The smallest absolute Gasteiger partial charge is 0.251 e. The van der Waals surface area contributed by atoms with Gasteiger partial charge in [-0.25, -0.2) is 0 Å². The zero-order valence-corrected chi connectivity index (χ0v) is 10.8. The lowest BCUT2D eigenvalue weighted by atomic mass is 10.1. The molecule has 5 heteroatoms. The number of nitrogens with one attached hydrogen (secondary N) is 2.